The van der Waals surface area contributed by atoms with Crippen LogP contribution in [0.3, 0.4) is 0 Å². The maximum atomic E-state index is 14.1. The highest BCUT2D eigenvalue weighted by molar-refractivity contribution is 6.34. The molecule has 2 aliphatic rings. The standard InChI is InChI=1S/C43H50ClF3N8O8/c1-42(2,3)40(58)49-15-14-48-35-11-10-27(21-50-35)38(56)53-31-20-34(63-43(45,46)47)29(19-30(31)44)24-6-8-25(9-7-24)32-22-51-37(52-32)33-18-28(60-4)23-55(33)39(57)36(54-41(59)61-5)26-12-16-62-17-13-26/h6-11,19-22,26,28,33,36H,12-18,23H2,1-5H3,(H,48,50)(H,49,58)(H,51,52)(H,53,56)(H,54,59)/t28-,33+,36+/m1/s1. The Labute approximate surface area is 366 Å². The topological polar surface area (TPSA) is 198 Å². The molecule has 0 bridgehead atoms. The summed E-state index contributed by atoms with van der Waals surface area (Å²) in [6, 6.07) is 10.5. The lowest BCUT2D eigenvalue weighted by atomic mass is 9.90. The van der Waals surface area contributed by atoms with Crippen LogP contribution in [0.5, 0.6) is 5.75 Å². The quantitative estimate of drug-likeness (QED) is 0.0821. The van der Waals surface area contributed by atoms with Gasteiger partial charge in [0.1, 0.15) is 23.4 Å². The summed E-state index contributed by atoms with van der Waals surface area (Å²) in [5, 5.41) is 11.1. The van der Waals surface area contributed by atoms with Gasteiger partial charge in [0, 0.05) is 69.6 Å². The van der Waals surface area contributed by atoms with Gasteiger partial charge in [-0.05, 0) is 48.1 Å². The number of pyridine rings is 1. The highest BCUT2D eigenvalue weighted by Gasteiger charge is 2.43. The van der Waals surface area contributed by atoms with Gasteiger partial charge < -0.3 is 50.1 Å². The molecule has 338 valence electrons. The monoisotopic (exact) mass is 898 g/mol. The van der Waals surface area contributed by atoms with Crippen LogP contribution >= 0.6 is 11.6 Å². The first-order chi connectivity index (χ1) is 29.9. The van der Waals surface area contributed by atoms with E-state index in [0.29, 0.717) is 74.0 Å². The van der Waals surface area contributed by atoms with Gasteiger partial charge in [0.15, 0.2) is 0 Å². The number of amides is 4. The number of hydrogen-bond acceptors (Lipinski definition) is 11. The Morgan fingerprint density at radius 3 is 2.32 bits per heavy atom. The largest absolute Gasteiger partial charge is 0.573 e. The van der Waals surface area contributed by atoms with Crippen LogP contribution in [0.25, 0.3) is 22.4 Å². The number of halogens is 4. The fraction of sp³-hybridized carbons (Fsp3) is 0.442. The van der Waals surface area contributed by atoms with Crippen molar-refractivity contribution in [2.24, 2.45) is 11.3 Å². The van der Waals surface area contributed by atoms with Crippen molar-refractivity contribution >= 4 is 46.9 Å². The average molecular weight is 899 g/mol. The third kappa shape index (κ3) is 12.0. The van der Waals surface area contributed by atoms with Crippen molar-refractivity contribution in [1.82, 2.24) is 30.5 Å². The molecule has 20 heteroatoms. The molecule has 5 N–H and O–H groups in total. The zero-order chi connectivity index (χ0) is 45.5. The molecule has 0 spiro atoms. The zero-order valence-electron chi connectivity index (χ0n) is 35.4. The second-order valence-corrected chi connectivity index (χ2v) is 16.5. The summed E-state index contributed by atoms with van der Waals surface area (Å²) in [5.41, 5.74) is 1.00. The predicted molar refractivity (Wildman–Crippen MR) is 227 cm³/mol. The number of anilines is 2. The van der Waals surface area contributed by atoms with Gasteiger partial charge in [0.05, 0.1) is 47.4 Å². The lowest BCUT2D eigenvalue weighted by Gasteiger charge is -2.34. The Bertz CT molecular complexity index is 2250. The predicted octanol–water partition coefficient (Wildman–Crippen LogP) is 6.96. The van der Waals surface area contributed by atoms with Gasteiger partial charge in [0.2, 0.25) is 11.8 Å². The van der Waals surface area contributed by atoms with Gasteiger partial charge in [-0.3, -0.25) is 14.4 Å². The molecule has 2 saturated heterocycles. The second kappa shape index (κ2) is 20.1. The molecule has 2 aromatic carbocycles. The number of aromatic amines is 1. The van der Waals surface area contributed by atoms with Crippen molar-refractivity contribution in [3.8, 4) is 28.1 Å². The Morgan fingerprint density at radius 2 is 1.68 bits per heavy atom. The molecule has 6 rings (SSSR count). The van der Waals surface area contributed by atoms with E-state index in [2.05, 4.69) is 41.0 Å². The molecule has 4 amide bonds. The smallest absolute Gasteiger partial charge is 0.453 e. The Kier molecular flexibility index (Phi) is 14.8. The number of methoxy groups -OCH3 is 2. The average Bonchev–Trinajstić information content (AvgIpc) is 3.93. The number of likely N-dealkylation sites (tertiary alicyclic amines) is 1. The summed E-state index contributed by atoms with van der Waals surface area (Å²) in [6.07, 6.45) is -1.59. The molecule has 0 saturated carbocycles. The van der Waals surface area contributed by atoms with E-state index < -0.39 is 41.6 Å². The summed E-state index contributed by atoms with van der Waals surface area (Å²) >= 11 is 6.55. The van der Waals surface area contributed by atoms with Gasteiger partial charge >= 0.3 is 12.5 Å². The minimum atomic E-state index is -5.07. The van der Waals surface area contributed by atoms with Crippen LogP contribution in [0.2, 0.25) is 5.02 Å². The van der Waals surface area contributed by atoms with Crippen molar-refractivity contribution in [3.63, 3.8) is 0 Å². The minimum absolute atomic E-state index is 0.00771. The summed E-state index contributed by atoms with van der Waals surface area (Å²) in [7, 11) is 2.80. The normalized spacial score (nSPS) is 17.4. The summed E-state index contributed by atoms with van der Waals surface area (Å²) in [6.45, 7) is 7.35. The molecule has 4 heterocycles. The van der Waals surface area contributed by atoms with Gasteiger partial charge in [-0.15, -0.1) is 13.2 Å². The minimum Gasteiger partial charge on any atom is -0.453 e. The lowest BCUT2D eigenvalue weighted by Crippen LogP contribution is -2.53. The molecule has 2 fully saturated rings. The molecule has 4 aromatic rings. The number of carbonyl (C=O) groups excluding carboxylic acids is 4. The first-order valence-electron chi connectivity index (χ1n) is 20.2. The Balaban J connectivity index is 1.16. The van der Waals surface area contributed by atoms with Crippen LogP contribution < -0.4 is 26.0 Å². The van der Waals surface area contributed by atoms with Crippen molar-refractivity contribution < 1.29 is 51.3 Å². The number of benzene rings is 2. The first-order valence-corrected chi connectivity index (χ1v) is 20.6. The van der Waals surface area contributed by atoms with Crippen LogP contribution in [-0.2, 0) is 23.8 Å². The van der Waals surface area contributed by atoms with E-state index in [0.717, 1.165) is 6.07 Å². The van der Waals surface area contributed by atoms with E-state index in [9.17, 15) is 32.3 Å². The molecule has 0 aliphatic carbocycles. The number of rotatable bonds is 14. The molecule has 16 nitrogen and oxygen atoms in total. The van der Waals surface area contributed by atoms with E-state index in [-0.39, 0.29) is 52.2 Å². The van der Waals surface area contributed by atoms with Gasteiger partial charge in [-0.1, -0.05) is 56.6 Å². The number of hydrogen-bond donors (Lipinski definition) is 5. The van der Waals surface area contributed by atoms with E-state index in [1.165, 1.54) is 25.4 Å². The second-order valence-electron chi connectivity index (χ2n) is 16.1. The Morgan fingerprint density at radius 1 is 0.968 bits per heavy atom. The number of nitrogens with zero attached hydrogens (tertiary/aromatic N) is 3. The molecule has 2 aromatic heterocycles. The molecule has 0 unspecified atom stereocenters. The summed E-state index contributed by atoms with van der Waals surface area (Å²) in [5.74, 6) is -0.915. The van der Waals surface area contributed by atoms with Crippen LogP contribution in [0.4, 0.5) is 29.5 Å². The fourth-order valence-corrected chi connectivity index (χ4v) is 7.50. The molecule has 63 heavy (non-hydrogen) atoms. The Hall–Kier alpha value is -5.92. The number of aromatic nitrogens is 3. The number of imidazole rings is 1. The van der Waals surface area contributed by atoms with E-state index in [1.807, 2.05) is 0 Å². The molecular formula is C43H50ClF3N8O8. The SMILES string of the molecule is COC(=O)N[C@H](C(=O)N1C[C@H](OC)C[C@H]1c1ncc(-c2ccc(-c3cc(Cl)c(NC(=O)c4ccc(NCCNC(=O)C(C)(C)C)nc4)cc3OC(F)(F)F)cc2)[nH]1)C1CCOCC1. The number of alkyl halides is 3. The van der Waals surface area contributed by atoms with E-state index in [1.54, 1.807) is 69.3 Å². The number of nitrogens with one attached hydrogen (secondary N) is 5. The van der Waals surface area contributed by atoms with Crippen molar-refractivity contribution in [1.29, 1.82) is 0 Å². The molecule has 2 aliphatic heterocycles. The zero-order valence-corrected chi connectivity index (χ0v) is 36.1. The van der Waals surface area contributed by atoms with Crippen LogP contribution in [0.15, 0.2) is 60.9 Å². The number of alkyl carbamates (subject to hydrolysis) is 1. The van der Waals surface area contributed by atoms with Crippen LogP contribution in [0, 0.1) is 11.3 Å². The molecular weight excluding hydrogens is 849 g/mol. The van der Waals surface area contributed by atoms with Gasteiger partial charge in [-0.2, -0.15) is 0 Å². The third-order valence-corrected chi connectivity index (χ3v) is 11.0. The van der Waals surface area contributed by atoms with Crippen molar-refractivity contribution in [2.45, 2.75) is 64.6 Å². The molecule has 3 atom stereocenters. The highest BCUT2D eigenvalue weighted by atomic mass is 35.5. The number of carbonyl (C=O) groups is 4. The number of H-pyrrole nitrogens is 1. The summed E-state index contributed by atoms with van der Waals surface area (Å²) in [4.78, 5) is 65.4. The van der Waals surface area contributed by atoms with Gasteiger partial charge in [-0.25, -0.2) is 14.8 Å². The van der Waals surface area contributed by atoms with E-state index in [4.69, 9.17) is 25.8 Å². The van der Waals surface area contributed by atoms with Crippen LogP contribution in [-0.4, -0.2) is 109 Å². The first kappa shape index (κ1) is 46.6. The van der Waals surface area contributed by atoms with Crippen molar-refractivity contribution in [3.05, 3.63) is 77.3 Å². The van der Waals surface area contributed by atoms with Crippen molar-refractivity contribution in [2.75, 3.05) is 57.7 Å². The fourth-order valence-electron chi connectivity index (χ4n) is 7.29. The summed E-state index contributed by atoms with van der Waals surface area (Å²) < 4.78 is 61.6. The van der Waals surface area contributed by atoms with Crippen LogP contribution in [0.1, 0.15) is 62.3 Å². The highest BCUT2D eigenvalue weighted by Crippen LogP contribution is 2.41. The third-order valence-electron chi connectivity index (χ3n) is 10.7. The molecule has 0 radical (unpaired) electrons. The van der Waals surface area contributed by atoms with E-state index >= 15 is 0 Å². The lowest BCUT2D eigenvalue weighted by molar-refractivity contribution is -0.274. The maximum Gasteiger partial charge on any atom is 0.573 e. The van der Waals surface area contributed by atoms with Gasteiger partial charge in [0.25, 0.3) is 5.91 Å². The maximum absolute atomic E-state index is 14.1. The number of ether oxygens (including phenoxy) is 4.